The highest BCUT2D eigenvalue weighted by Crippen LogP contribution is 2.36. The molecule has 0 spiro atoms. The lowest BCUT2D eigenvalue weighted by molar-refractivity contribution is -0.126. The summed E-state index contributed by atoms with van der Waals surface area (Å²) in [4.78, 5) is 43.7. The van der Waals surface area contributed by atoms with Gasteiger partial charge in [-0.05, 0) is 48.7 Å². The summed E-state index contributed by atoms with van der Waals surface area (Å²) in [6.45, 7) is 11.1. The average molecular weight is 579 g/mol. The summed E-state index contributed by atoms with van der Waals surface area (Å²) < 4.78 is 1.51. The number of rotatable bonds is 5. The topological polar surface area (TPSA) is 110 Å². The first-order chi connectivity index (χ1) is 19.1. The number of carbonyl (C=O) groups excluding carboxylic acids is 1. The van der Waals surface area contributed by atoms with E-state index in [1.165, 1.54) is 10.6 Å². The molecule has 1 saturated heterocycles. The van der Waals surface area contributed by atoms with Crippen molar-refractivity contribution < 1.29 is 4.79 Å². The third kappa shape index (κ3) is 4.91. The number of nitrogen functional groups attached to an aromatic ring is 1. The molecule has 9 nitrogen and oxygen atoms in total. The Labute approximate surface area is 241 Å². The minimum Gasteiger partial charge on any atom is -0.384 e. The van der Waals surface area contributed by atoms with Crippen LogP contribution >= 0.6 is 23.2 Å². The van der Waals surface area contributed by atoms with Gasteiger partial charge < -0.3 is 15.5 Å². The first-order valence-electron chi connectivity index (χ1n) is 12.9. The molecule has 1 unspecified atom stereocenters. The molecule has 4 aromatic rings. The maximum absolute atomic E-state index is 13.9. The third-order valence-electron chi connectivity index (χ3n) is 7.08. The monoisotopic (exact) mass is 577 g/mol. The summed E-state index contributed by atoms with van der Waals surface area (Å²) >= 11 is 13.3. The number of fused-ring (bicyclic) bond motifs is 1. The van der Waals surface area contributed by atoms with Crippen LogP contribution in [0, 0.1) is 0 Å². The molecular formula is C29H29Cl2N7O2. The van der Waals surface area contributed by atoms with Crippen LogP contribution in [-0.4, -0.2) is 56.0 Å². The first kappa shape index (κ1) is 27.6. The second-order valence-corrected chi connectivity index (χ2v) is 10.9. The van der Waals surface area contributed by atoms with E-state index in [-0.39, 0.29) is 28.7 Å². The number of amides is 1. The Morgan fingerprint density at radius 3 is 2.50 bits per heavy atom. The maximum Gasteiger partial charge on any atom is 0.355 e. The standard InChI is InChI=1S/C29H29Cl2N7O2/c1-5-24(39)36-12-13-37(17(4)15-36)27-19-14-21(31)26(25-20(30)10-11-23(32)33-25)34-28(19)38(29(40)35-27)22-9-7-6-8-18(22)16(2)3/h5-11,14,16-17H,1,12-13,15H2,2-4H3,(H2,32,33). The van der Waals surface area contributed by atoms with E-state index >= 15 is 0 Å². The Balaban J connectivity index is 1.80. The van der Waals surface area contributed by atoms with E-state index in [1.54, 1.807) is 23.1 Å². The molecule has 1 amide bonds. The smallest absolute Gasteiger partial charge is 0.355 e. The fourth-order valence-corrected chi connectivity index (χ4v) is 5.55. The summed E-state index contributed by atoms with van der Waals surface area (Å²) in [5.74, 6) is 0.705. The first-order valence-corrected chi connectivity index (χ1v) is 13.7. The fourth-order valence-electron chi connectivity index (χ4n) is 5.11. The number of anilines is 2. The summed E-state index contributed by atoms with van der Waals surface area (Å²) in [5.41, 5.74) is 8.08. The van der Waals surface area contributed by atoms with Crippen molar-refractivity contribution in [3.05, 3.63) is 81.2 Å². The number of aromatic nitrogens is 4. The van der Waals surface area contributed by atoms with E-state index in [0.717, 1.165) is 5.56 Å². The predicted octanol–water partition coefficient (Wildman–Crippen LogP) is 5.08. The average Bonchev–Trinajstić information content (AvgIpc) is 2.93. The number of benzene rings is 1. The van der Waals surface area contributed by atoms with Gasteiger partial charge >= 0.3 is 5.69 Å². The van der Waals surface area contributed by atoms with E-state index in [0.29, 0.717) is 58.6 Å². The van der Waals surface area contributed by atoms with Crippen molar-refractivity contribution in [2.45, 2.75) is 32.7 Å². The van der Waals surface area contributed by atoms with Crippen LogP contribution in [0.3, 0.4) is 0 Å². The Morgan fingerprint density at radius 2 is 1.80 bits per heavy atom. The Hall–Kier alpha value is -3.95. The van der Waals surface area contributed by atoms with Gasteiger partial charge in [0.25, 0.3) is 0 Å². The summed E-state index contributed by atoms with van der Waals surface area (Å²) in [7, 11) is 0. The fraction of sp³-hybridized carbons (Fsp3) is 0.276. The molecule has 0 aliphatic carbocycles. The Bertz CT molecular complexity index is 1700. The lowest BCUT2D eigenvalue weighted by Crippen LogP contribution is -2.54. The minimum absolute atomic E-state index is 0.130. The van der Waals surface area contributed by atoms with Crippen LogP contribution in [0.1, 0.15) is 32.3 Å². The van der Waals surface area contributed by atoms with Gasteiger partial charge in [0, 0.05) is 25.7 Å². The molecule has 11 heteroatoms. The Morgan fingerprint density at radius 1 is 1.07 bits per heavy atom. The summed E-state index contributed by atoms with van der Waals surface area (Å²) in [6, 6.07) is 12.5. The second kappa shape index (κ2) is 10.9. The number of nitrogens with two attached hydrogens (primary N) is 1. The number of hydrogen-bond donors (Lipinski definition) is 1. The van der Waals surface area contributed by atoms with Crippen molar-refractivity contribution in [2.24, 2.45) is 0 Å². The highest BCUT2D eigenvalue weighted by molar-refractivity contribution is 6.36. The van der Waals surface area contributed by atoms with Crippen LogP contribution in [0.15, 0.2) is 59.9 Å². The van der Waals surface area contributed by atoms with Crippen LogP contribution in [0.5, 0.6) is 0 Å². The molecule has 3 aromatic heterocycles. The number of carbonyl (C=O) groups is 1. The van der Waals surface area contributed by atoms with E-state index in [2.05, 4.69) is 30.4 Å². The molecule has 2 N–H and O–H groups in total. The maximum atomic E-state index is 13.9. The molecule has 4 heterocycles. The molecule has 0 saturated carbocycles. The van der Waals surface area contributed by atoms with Crippen LogP contribution in [0.2, 0.25) is 10.0 Å². The van der Waals surface area contributed by atoms with Gasteiger partial charge in [-0.15, -0.1) is 0 Å². The van der Waals surface area contributed by atoms with E-state index < -0.39 is 5.69 Å². The molecule has 1 aliphatic heterocycles. The Kier molecular flexibility index (Phi) is 7.53. The second-order valence-electron chi connectivity index (χ2n) is 10.1. The quantitative estimate of drug-likeness (QED) is 0.329. The zero-order chi connectivity index (χ0) is 28.7. The number of para-hydroxylation sites is 1. The highest BCUT2D eigenvalue weighted by atomic mass is 35.5. The van der Waals surface area contributed by atoms with Gasteiger partial charge in [0.15, 0.2) is 5.65 Å². The zero-order valence-electron chi connectivity index (χ0n) is 22.4. The number of nitrogens with zero attached hydrogens (tertiary/aromatic N) is 6. The van der Waals surface area contributed by atoms with Crippen molar-refractivity contribution >= 4 is 51.8 Å². The third-order valence-corrected chi connectivity index (χ3v) is 7.67. The van der Waals surface area contributed by atoms with Gasteiger partial charge in [0.1, 0.15) is 23.0 Å². The van der Waals surface area contributed by atoms with Crippen molar-refractivity contribution in [3.63, 3.8) is 0 Å². The summed E-state index contributed by atoms with van der Waals surface area (Å²) in [5, 5.41) is 1.19. The predicted molar refractivity (Wildman–Crippen MR) is 160 cm³/mol. The molecule has 40 heavy (non-hydrogen) atoms. The van der Waals surface area contributed by atoms with Crippen LogP contribution in [0.25, 0.3) is 28.1 Å². The highest BCUT2D eigenvalue weighted by Gasteiger charge is 2.30. The minimum atomic E-state index is -0.486. The van der Waals surface area contributed by atoms with Gasteiger partial charge in [0.2, 0.25) is 5.91 Å². The molecule has 1 aromatic carbocycles. The SMILES string of the molecule is C=CC(=O)N1CCN(c2nc(=O)n(-c3ccccc3C(C)C)c3nc(-c4nc(N)ccc4Cl)c(Cl)cc23)C(C)C1. The molecule has 1 atom stereocenters. The van der Waals surface area contributed by atoms with Gasteiger partial charge in [0.05, 0.1) is 21.1 Å². The van der Waals surface area contributed by atoms with Crippen molar-refractivity contribution in [1.29, 1.82) is 0 Å². The zero-order valence-corrected chi connectivity index (χ0v) is 23.9. The van der Waals surface area contributed by atoms with E-state index in [1.807, 2.05) is 36.1 Å². The van der Waals surface area contributed by atoms with Crippen LogP contribution in [-0.2, 0) is 4.79 Å². The number of piperazine rings is 1. The normalized spacial score (nSPS) is 15.6. The molecule has 206 valence electrons. The lowest BCUT2D eigenvalue weighted by Gasteiger charge is -2.40. The van der Waals surface area contributed by atoms with Gasteiger partial charge in [-0.3, -0.25) is 4.79 Å². The molecular weight excluding hydrogens is 549 g/mol. The van der Waals surface area contributed by atoms with E-state index in [9.17, 15) is 9.59 Å². The summed E-state index contributed by atoms with van der Waals surface area (Å²) in [6.07, 6.45) is 1.31. The molecule has 1 aliphatic rings. The molecule has 5 rings (SSSR count). The molecule has 0 bridgehead atoms. The number of halogens is 2. The van der Waals surface area contributed by atoms with Gasteiger partial charge in [-0.1, -0.05) is 61.8 Å². The van der Waals surface area contributed by atoms with Crippen LogP contribution in [0.4, 0.5) is 11.6 Å². The lowest BCUT2D eigenvalue weighted by atomic mass is 10.0. The molecule has 0 radical (unpaired) electrons. The van der Waals surface area contributed by atoms with Crippen molar-refractivity contribution in [3.8, 4) is 17.1 Å². The van der Waals surface area contributed by atoms with Crippen molar-refractivity contribution in [1.82, 2.24) is 24.4 Å². The van der Waals surface area contributed by atoms with Crippen LogP contribution < -0.4 is 16.3 Å². The number of pyridine rings is 2. The largest absolute Gasteiger partial charge is 0.384 e. The number of hydrogen-bond acceptors (Lipinski definition) is 7. The molecule has 1 fully saturated rings. The van der Waals surface area contributed by atoms with E-state index in [4.69, 9.17) is 33.9 Å². The van der Waals surface area contributed by atoms with Crippen molar-refractivity contribution in [2.75, 3.05) is 30.3 Å². The van der Waals surface area contributed by atoms with Gasteiger partial charge in [-0.2, -0.15) is 4.98 Å². The van der Waals surface area contributed by atoms with Gasteiger partial charge in [-0.25, -0.2) is 19.3 Å².